The third-order valence-corrected chi connectivity index (χ3v) is 5.52. The van der Waals surface area contributed by atoms with Gasteiger partial charge in [-0.1, -0.05) is 12.8 Å². The highest BCUT2D eigenvalue weighted by Gasteiger charge is 2.17. The fraction of sp³-hybridized carbons (Fsp3) is 0.350. The standard InChI is InChI=1S/C20H23N3O3S/c1-27-19-11-6-15(14-18(19)23(25)26)20(24)21-16-7-9-17(10-8-16)22-12-4-2-3-5-13-22/h6-11,14H,2-5,12-13H2,1H3,(H,21,24). The van der Waals surface area contributed by atoms with Crippen LogP contribution in [0.5, 0.6) is 0 Å². The lowest BCUT2D eigenvalue weighted by Gasteiger charge is -2.22. The van der Waals surface area contributed by atoms with E-state index in [4.69, 9.17) is 0 Å². The Morgan fingerprint density at radius 1 is 1.07 bits per heavy atom. The lowest BCUT2D eigenvalue weighted by Crippen LogP contribution is -2.23. The van der Waals surface area contributed by atoms with Gasteiger partial charge in [0.1, 0.15) is 0 Å². The smallest absolute Gasteiger partial charge is 0.283 e. The summed E-state index contributed by atoms with van der Waals surface area (Å²) in [5.74, 6) is -0.353. The maximum absolute atomic E-state index is 12.5. The predicted molar refractivity (Wildman–Crippen MR) is 110 cm³/mol. The molecule has 0 bridgehead atoms. The first-order chi connectivity index (χ1) is 13.1. The number of amides is 1. The Labute approximate surface area is 163 Å². The Morgan fingerprint density at radius 2 is 1.74 bits per heavy atom. The molecule has 7 heteroatoms. The van der Waals surface area contributed by atoms with Crippen molar-refractivity contribution in [1.29, 1.82) is 0 Å². The van der Waals surface area contributed by atoms with Crippen LogP contribution in [0, 0.1) is 10.1 Å². The van der Waals surface area contributed by atoms with E-state index in [9.17, 15) is 14.9 Å². The highest BCUT2D eigenvalue weighted by atomic mass is 32.2. The van der Waals surface area contributed by atoms with Crippen LogP contribution in [0.15, 0.2) is 47.4 Å². The van der Waals surface area contributed by atoms with E-state index in [1.165, 1.54) is 43.5 Å². The second-order valence-corrected chi connectivity index (χ2v) is 7.39. The van der Waals surface area contributed by atoms with E-state index < -0.39 is 4.92 Å². The Kier molecular flexibility index (Phi) is 6.34. The number of benzene rings is 2. The fourth-order valence-corrected chi connectivity index (χ4v) is 3.81. The van der Waals surface area contributed by atoms with Crippen molar-refractivity contribution in [2.75, 3.05) is 29.6 Å². The number of rotatable bonds is 5. The van der Waals surface area contributed by atoms with Crippen molar-refractivity contribution >= 4 is 34.7 Å². The molecular formula is C20H23N3O3S. The van der Waals surface area contributed by atoms with Crippen molar-refractivity contribution in [3.63, 3.8) is 0 Å². The SMILES string of the molecule is CSc1ccc(C(=O)Nc2ccc(N3CCCCCC3)cc2)cc1[N+](=O)[O-]. The normalized spacial score (nSPS) is 14.5. The first-order valence-electron chi connectivity index (χ1n) is 9.07. The van der Waals surface area contributed by atoms with E-state index in [1.807, 2.05) is 24.3 Å². The summed E-state index contributed by atoms with van der Waals surface area (Å²) in [4.78, 5) is 26.1. The lowest BCUT2D eigenvalue weighted by molar-refractivity contribution is -0.387. The molecule has 1 N–H and O–H groups in total. The van der Waals surface area contributed by atoms with Gasteiger partial charge in [0.25, 0.3) is 11.6 Å². The summed E-state index contributed by atoms with van der Waals surface area (Å²) in [6.45, 7) is 2.13. The third kappa shape index (κ3) is 4.80. The van der Waals surface area contributed by atoms with Crippen molar-refractivity contribution in [3.8, 4) is 0 Å². The number of anilines is 2. The van der Waals surface area contributed by atoms with Crippen molar-refractivity contribution in [1.82, 2.24) is 0 Å². The molecule has 1 fully saturated rings. The second-order valence-electron chi connectivity index (χ2n) is 6.55. The van der Waals surface area contributed by atoms with Crippen LogP contribution in [0.25, 0.3) is 0 Å². The Hall–Kier alpha value is -2.54. The molecule has 3 rings (SSSR count). The van der Waals surface area contributed by atoms with Gasteiger partial charge < -0.3 is 10.2 Å². The first-order valence-corrected chi connectivity index (χ1v) is 10.3. The molecule has 1 heterocycles. The van der Waals surface area contributed by atoms with Gasteiger partial charge in [-0.3, -0.25) is 14.9 Å². The van der Waals surface area contributed by atoms with Gasteiger partial charge in [-0.25, -0.2) is 0 Å². The topological polar surface area (TPSA) is 75.5 Å². The van der Waals surface area contributed by atoms with Crippen molar-refractivity contribution in [3.05, 3.63) is 58.1 Å². The molecule has 2 aromatic carbocycles. The van der Waals surface area contributed by atoms with Gasteiger partial charge in [0.05, 0.1) is 9.82 Å². The molecule has 2 aromatic rings. The van der Waals surface area contributed by atoms with E-state index in [0.29, 0.717) is 10.6 Å². The number of carbonyl (C=O) groups excluding carboxylic acids is 1. The second kappa shape index (κ2) is 8.90. The quantitative estimate of drug-likeness (QED) is 0.448. The van der Waals surface area contributed by atoms with Crippen LogP contribution in [-0.4, -0.2) is 30.2 Å². The number of nitrogens with zero attached hydrogens (tertiary/aromatic N) is 2. The largest absolute Gasteiger partial charge is 0.372 e. The van der Waals surface area contributed by atoms with Gasteiger partial charge in [0, 0.05) is 36.1 Å². The number of thioether (sulfide) groups is 1. The van der Waals surface area contributed by atoms with Gasteiger partial charge in [0.15, 0.2) is 0 Å². The van der Waals surface area contributed by atoms with E-state index >= 15 is 0 Å². The van der Waals surface area contributed by atoms with E-state index in [-0.39, 0.29) is 17.2 Å². The summed E-state index contributed by atoms with van der Waals surface area (Å²) in [5, 5.41) is 14.0. The molecule has 0 radical (unpaired) electrons. The minimum atomic E-state index is -0.460. The average molecular weight is 385 g/mol. The van der Waals surface area contributed by atoms with E-state index in [1.54, 1.807) is 18.4 Å². The van der Waals surface area contributed by atoms with Gasteiger partial charge in [-0.05, 0) is 55.5 Å². The molecule has 27 heavy (non-hydrogen) atoms. The average Bonchev–Trinajstić information content (AvgIpc) is 2.97. The third-order valence-electron chi connectivity index (χ3n) is 4.73. The van der Waals surface area contributed by atoms with Crippen LogP contribution in [-0.2, 0) is 0 Å². The van der Waals surface area contributed by atoms with Gasteiger partial charge >= 0.3 is 0 Å². The molecule has 1 aliphatic heterocycles. The van der Waals surface area contributed by atoms with Crippen LogP contribution in [0.2, 0.25) is 0 Å². The summed E-state index contributed by atoms with van der Waals surface area (Å²) in [6.07, 6.45) is 6.76. The minimum Gasteiger partial charge on any atom is -0.372 e. The molecule has 1 saturated heterocycles. The maximum Gasteiger partial charge on any atom is 0.283 e. The fourth-order valence-electron chi connectivity index (χ4n) is 3.26. The zero-order chi connectivity index (χ0) is 19.2. The molecule has 1 amide bonds. The lowest BCUT2D eigenvalue weighted by atomic mass is 10.1. The molecule has 142 valence electrons. The number of hydrogen-bond acceptors (Lipinski definition) is 5. The van der Waals surface area contributed by atoms with E-state index in [2.05, 4.69) is 10.2 Å². The summed E-state index contributed by atoms with van der Waals surface area (Å²) < 4.78 is 0. The molecule has 0 atom stereocenters. The van der Waals surface area contributed by atoms with Crippen LogP contribution in [0.1, 0.15) is 36.0 Å². The molecule has 0 aromatic heterocycles. The van der Waals surface area contributed by atoms with Crippen LogP contribution in [0.3, 0.4) is 0 Å². The molecule has 0 saturated carbocycles. The molecule has 6 nitrogen and oxygen atoms in total. The van der Waals surface area contributed by atoms with Crippen LogP contribution in [0.4, 0.5) is 17.1 Å². The molecule has 0 spiro atoms. The molecule has 0 aliphatic carbocycles. The molecular weight excluding hydrogens is 362 g/mol. The first kappa shape index (κ1) is 19.2. The summed E-state index contributed by atoms with van der Waals surface area (Å²) in [5.41, 5.74) is 2.06. The molecule has 1 aliphatic rings. The Morgan fingerprint density at radius 3 is 2.33 bits per heavy atom. The van der Waals surface area contributed by atoms with Crippen LogP contribution < -0.4 is 10.2 Å². The summed E-state index contributed by atoms with van der Waals surface area (Å²) in [7, 11) is 0. The Bertz CT molecular complexity index is 816. The van der Waals surface area contributed by atoms with Crippen LogP contribution >= 0.6 is 11.8 Å². The minimum absolute atomic E-state index is 0.0494. The van der Waals surface area contributed by atoms with E-state index in [0.717, 1.165) is 18.8 Å². The Balaban J connectivity index is 1.70. The van der Waals surface area contributed by atoms with Gasteiger partial charge in [0.2, 0.25) is 0 Å². The van der Waals surface area contributed by atoms with Crippen molar-refractivity contribution in [2.24, 2.45) is 0 Å². The zero-order valence-electron chi connectivity index (χ0n) is 15.3. The number of carbonyl (C=O) groups is 1. The van der Waals surface area contributed by atoms with Gasteiger partial charge in [-0.2, -0.15) is 0 Å². The number of nitro benzene ring substituents is 1. The maximum atomic E-state index is 12.5. The number of hydrogen-bond donors (Lipinski definition) is 1. The zero-order valence-corrected chi connectivity index (χ0v) is 16.1. The summed E-state index contributed by atoms with van der Waals surface area (Å²) >= 11 is 1.29. The van der Waals surface area contributed by atoms with Crippen molar-refractivity contribution < 1.29 is 9.72 Å². The number of nitrogens with one attached hydrogen (secondary N) is 1. The van der Waals surface area contributed by atoms with Crippen molar-refractivity contribution in [2.45, 2.75) is 30.6 Å². The monoisotopic (exact) mass is 385 g/mol. The highest BCUT2D eigenvalue weighted by molar-refractivity contribution is 7.98. The summed E-state index contributed by atoms with van der Waals surface area (Å²) in [6, 6.07) is 12.3. The molecule has 0 unspecified atom stereocenters. The number of nitro groups is 1. The highest BCUT2D eigenvalue weighted by Crippen LogP contribution is 2.29. The predicted octanol–water partition coefficient (Wildman–Crippen LogP) is 4.95. The van der Waals surface area contributed by atoms with Gasteiger partial charge in [-0.15, -0.1) is 11.8 Å².